The molecule has 0 amide bonds. The molecule has 118 valence electrons. The summed E-state index contributed by atoms with van der Waals surface area (Å²) in [4.78, 5) is 0. The molecular formula is C13H27N3O3S. The second-order valence-corrected chi connectivity index (χ2v) is 7.79. The van der Waals surface area contributed by atoms with Gasteiger partial charge in [-0.05, 0) is 39.2 Å². The van der Waals surface area contributed by atoms with Gasteiger partial charge in [0.25, 0.3) is 10.2 Å². The number of nitrogens with two attached hydrogens (primary N) is 1. The summed E-state index contributed by atoms with van der Waals surface area (Å²) in [5.74, 6) is 0.259. The largest absolute Gasteiger partial charge is 0.373 e. The van der Waals surface area contributed by atoms with Crippen LogP contribution in [0.5, 0.6) is 0 Å². The van der Waals surface area contributed by atoms with Crippen LogP contribution in [0.2, 0.25) is 0 Å². The Morgan fingerprint density at radius 2 is 1.80 bits per heavy atom. The van der Waals surface area contributed by atoms with Crippen molar-refractivity contribution in [3.8, 4) is 0 Å². The predicted octanol–water partition coefficient (Wildman–Crippen LogP) is 0.448. The second kappa shape index (κ2) is 6.70. The first-order chi connectivity index (χ1) is 9.42. The number of morpholine rings is 1. The third kappa shape index (κ3) is 3.92. The Bertz CT molecular complexity index is 405. The maximum absolute atomic E-state index is 12.5. The van der Waals surface area contributed by atoms with E-state index in [2.05, 4.69) is 4.72 Å². The summed E-state index contributed by atoms with van der Waals surface area (Å²) in [6.07, 6.45) is 3.99. The van der Waals surface area contributed by atoms with Gasteiger partial charge >= 0.3 is 0 Å². The van der Waals surface area contributed by atoms with Crippen molar-refractivity contribution in [1.29, 1.82) is 0 Å². The summed E-state index contributed by atoms with van der Waals surface area (Å²) >= 11 is 0. The first kappa shape index (κ1) is 16.2. The molecule has 2 fully saturated rings. The Morgan fingerprint density at radius 3 is 2.40 bits per heavy atom. The molecule has 4 atom stereocenters. The topological polar surface area (TPSA) is 84.7 Å². The highest BCUT2D eigenvalue weighted by atomic mass is 32.2. The average molecular weight is 305 g/mol. The van der Waals surface area contributed by atoms with Gasteiger partial charge < -0.3 is 10.5 Å². The molecule has 0 unspecified atom stereocenters. The SMILES string of the molecule is C[C@@H]1CN(S(=O)(=O)N[C@@H]2CCCC[C@@H]2CN)C[C@@H](C)O1. The molecule has 0 radical (unpaired) electrons. The van der Waals surface area contributed by atoms with E-state index in [4.69, 9.17) is 10.5 Å². The zero-order chi connectivity index (χ0) is 14.8. The van der Waals surface area contributed by atoms with Crippen molar-refractivity contribution in [3.05, 3.63) is 0 Å². The molecule has 20 heavy (non-hydrogen) atoms. The van der Waals surface area contributed by atoms with Crippen LogP contribution in [0.25, 0.3) is 0 Å². The molecule has 1 saturated carbocycles. The predicted molar refractivity (Wildman–Crippen MR) is 78.4 cm³/mol. The Balaban J connectivity index is 2.02. The summed E-state index contributed by atoms with van der Waals surface area (Å²) in [5, 5.41) is 0. The number of nitrogens with one attached hydrogen (secondary N) is 1. The molecule has 6 nitrogen and oxygen atoms in total. The minimum absolute atomic E-state index is 0.0211. The Hall–Kier alpha value is -0.210. The third-order valence-corrected chi connectivity index (χ3v) is 5.82. The molecule has 0 aromatic rings. The monoisotopic (exact) mass is 305 g/mol. The fourth-order valence-corrected chi connectivity index (χ4v) is 4.89. The lowest BCUT2D eigenvalue weighted by Gasteiger charge is -2.37. The van der Waals surface area contributed by atoms with Crippen molar-refractivity contribution in [1.82, 2.24) is 9.03 Å². The summed E-state index contributed by atoms with van der Waals surface area (Å²) < 4.78 is 35.0. The van der Waals surface area contributed by atoms with Crippen LogP contribution in [-0.4, -0.2) is 50.6 Å². The highest BCUT2D eigenvalue weighted by Gasteiger charge is 2.34. The Kier molecular flexibility index (Phi) is 5.42. The highest BCUT2D eigenvalue weighted by Crippen LogP contribution is 2.25. The van der Waals surface area contributed by atoms with E-state index < -0.39 is 10.2 Å². The van der Waals surface area contributed by atoms with Crippen LogP contribution in [0.15, 0.2) is 0 Å². The molecule has 0 spiro atoms. The van der Waals surface area contributed by atoms with Gasteiger partial charge in [0, 0.05) is 19.1 Å². The number of rotatable bonds is 4. The van der Waals surface area contributed by atoms with E-state index in [1.165, 1.54) is 4.31 Å². The highest BCUT2D eigenvalue weighted by molar-refractivity contribution is 7.87. The molecule has 0 bridgehead atoms. The normalized spacial score (nSPS) is 37.0. The number of hydrogen-bond acceptors (Lipinski definition) is 4. The third-order valence-electron chi connectivity index (χ3n) is 4.24. The van der Waals surface area contributed by atoms with Gasteiger partial charge in [-0.25, -0.2) is 0 Å². The van der Waals surface area contributed by atoms with E-state index in [1.54, 1.807) is 0 Å². The standard InChI is InChI=1S/C13H27N3O3S/c1-10-8-16(9-11(2)19-10)20(17,18)15-13-6-4-3-5-12(13)7-14/h10-13,15H,3-9,14H2,1-2H3/t10-,11-,12-,13-/m1/s1. The molecule has 1 aliphatic carbocycles. The molecule has 3 N–H and O–H groups in total. The van der Waals surface area contributed by atoms with Crippen molar-refractivity contribution in [2.45, 2.75) is 57.8 Å². The molecule has 2 rings (SSSR count). The fourth-order valence-electron chi connectivity index (χ4n) is 3.24. The zero-order valence-electron chi connectivity index (χ0n) is 12.4. The molecule has 1 saturated heterocycles. The smallest absolute Gasteiger partial charge is 0.279 e. The minimum atomic E-state index is -3.44. The van der Waals surface area contributed by atoms with Gasteiger partial charge in [-0.15, -0.1) is 0 Å². The summed E-state index contributed by atoms with van der Waals surface area (Å²) in [6.45, 7) is 5.19. The van der Waals surface area contributed by atoms with Gasteiger partial charge in [-0.1, -0.05) is 12.8 Å². The van der Waals surface area contributed by atoms with E-state index in [-0.39, 0.29) is 24.2 Å². The number of hydrogen-bond donors (Lipinski definition) is 2. The van der Waals surface area contributed by atoms with E-state index in [0.29, 0.717) is 19.6 Å². The maximum atomic E-state index is 12.5. The fraction of sp³-hybridized carbons (Fsp3) is 1.00. The zero-order valence-corrected chi connectivity index (χ0v) is 13.2. The van der Waals surface area contributed by atoms with Crippen LogP contribution in [0.3, 0.4) is 0 Å². The van der Waals surface area contributed by atoms with Crippen LogP contribution >= 0.6 is 0 Å². The lowest BCUT2D eigenvalue weighted by Crippen LogP contribution is -2.55. The van der Waals surface area contributed by atoms with Crippen LogP contribution in [-0.2, 0) is 14.9 Å². The molecule has 1 heterocycles. The molecular weight excluding hydrogens is 278 g/mol. The molecule has 0 aromatic heterocycles. The second-order valence-electron chi connectivity index (χ2n) is 6.08. The van der Waals surface area contributed by atoms with Crippen LogP contribution in [0, 0.1) is 5.92 Å². The maximum Gasteiger partial charge on any atom is 0.279 e. The first-order valence-electron chi connectivity index (χ1n) is 7.55. The summed E-state index contributed by atoms with van der Waals surface area (Å²) in [6, 6.07) is -0.0211. The van der Waals surface area contributed by atoms with E-state index in [1.807, 2.05) is 13.8 Å². The number of nitrogens with zero attached hydrogens (tertiary/aromatic N) is 1. The van der Waals surface area contributed by atoms with Crippen LogP contribution < -0.4 is 10.5 Å². The molecule has 0 aromatic carbocycles. The summed E-state index contributed by atoms with van der Waals surface area (Å²) in [7, 11) is -3.44. The Labute approximate surface area is 122 Å². The quantitative estimate of drug-likeness (QED) is 0.789. The molecule has 1 aliphatic heterocycles. The first-order valence-corrected chi connectivity index (χ1v) is 8.99. The lowest BCUT2D eigenvalue weighted by atomic mass is 9.85. The van der Waals surface area contributed by atoms with Crippen molar-refractivity contribution < 1.29 is 13.2 Å². The average Bonchev–Trinajstić information content (AvgIpc) is 2.38. The van der Waals surface area contributed by atoms with Gasteiger partial charge in [0.2, 0.25) is 0 Å². The van der Waals surface area contributed by atoms with Gasteiger partial charge in [-0.3, -0.25) is 0 Å². The Morgan fingerprint density at radius 1 is 1.20 bits per heavy atom. The van der Waals surface area contributed by atoms with Crippen LogP contribution in [0.4, 0.5) is 0 Å². The van der Waals surface area contributed by atoms with Gasteiger partial charge in [0.1, 0.15) is 0 Å². The molecule has 2 aliphatic rings. The van der Waals surface area contributed by atoms with E-state index in [0.717, 1.165) is 25.7 Å². The van der Waals surface area contributed by atoms with Gasteiger partial charge in [-0.2, -0.15) is 17.4 Å². The van der Waals surface area contributed by atoms with Gasteiger partial charge in [0.15, 0.2) is 0 Å². The lowest BCUT2D eigenvalue weighted by molar-refractivity contribution is -0.0445. The van der Waals surface area contributed by atoms with Crippen molar-refractivity contribution in [3.63, 3.8) is 0 Å². The number of ether oxygens (including phenoxy) is 1. The van der Waals surface area contributed by atoms with Crippen molar-refractivity contribution in [2.75, 3.05) is 19.6 Å². The summed E-state index contributed by atoms with van der Waals surface area (Å²) in [5.41, 5.74) is 5.77. The van der Waals surface area contributed by atoms with E-state index in [9.17, 15) is 8.42 Å². The van der Waals surface area contributed by atoms with Gasteiger partial charge in [0.05, 0.1) is 12.2 Å². The van der Waals surface area contributed by atoms with Crippen molar-refractivity contribution >= 4 is 10.2 Å². The van der Waals surface area contributed by atoms with Crippen molar-refractivity contribution in [2.24, 2.45) is 11.7 Å². The van der Waals surface area contributed by atoms with Crippen LogP contribution in [0.1, 0.15) is 39.5 Å². The molecule has 7 heteroatoms. The van der Waals surface area contributed by atoms with E-state index >= 15 is 0 Å². The minimum Gasteiger partial charge on any atom is -0.373 e.